The van der Waals surface area contributed by atoms with E-state index in [4.69, 9.17) is 9.84 Å². The van der Waals surface area contributed by atoms with Gasteiger partial charge in [-0.25, -0.2) is 9.18 Å². The highest BCUT2D eigenvalue weighted by Gasteiger charge is 2.26. The Morgan fingerprint density at radius 2 is 1.76 bits per heavy atom. The van der Waals surface area contributed by atoms with Crippen molar-refractivity contribution in [1.82, 2.24) is 4.90 Å². The summed E-state index contributed by atoms with van der Waals surface area (Å²) in [5, 5.41) is 18.2. The molecule has 0 bridgehead atoms. The lowest BCUT2D eigenvalue weighted by molar-refractivity contribution is -0.137. The molecule has 1 unspecified atom stereocenters. The summed E-state index contributed by atoms with van der Waals surface area (Å²) in [6, 6.07) is 19.7. The number of aryl methyl sites for hydroxylation is 1. The van der Waals surface area contributed by atoms with E-state index in [2.05, 4.69) is 11.0 Å². The van der Waals surface area contributed by atoms with Crippen LogP contribution >= 0.6 is 0 Å². The van der Waals surface area contributed by atoms with Crippen molar-refractivity contribution in [3.63, 3.8) is 0 Å². The molecule has 4 rings (SSSR count). The van der Waals surface area contributed by atoms with E-state index < -0.39 is 11.9 Å². The Balaban J connectivity index is 1.49. The minimum atomic E-state index is -0.952. The van der Waals surface area contributed by atoms with Crippen LogP contribution in [0.15, 0.2) is 66.7 Å². The van der Waals surface area contributed by atoms with Gasteiger partial charge in [-0.05, 0) is 91.2 Å². The van der Waals surface area contributed by atoms with Gasteiger partial charge in [0, 0.05) is 19.0 Å². The van der Waals surface area contributed by atoms with E-state index in [0.717, 1.165) is 54.7 Å². The molecule has 3 aromatic carbocycles. The van der Waals surface area contributed by atoms with E-state index >= 15 is 0 Å². The van der Waals surface area contributed by atoms with Crippen LogP contribution in [0.1, 0.15) is 58.3 Å². The molecular weight excluding hydrogens is 473 g/mol. The molecule has 37 heavy (non-hydrogen) atoms. The van der Waals surface area contributed by atoms with Gasteiger partial charge in [0.15, 0.2) is 0 Å². The molecule has 1 atom stereocenters. The SMILES string of the molecule is O=C(O)CCCCN(Cc1ccc(C(=O)O)cc1)C1CCc2cccc(OCc3cccc(F)c3)c2C1. The maximum Gasteiger partial charge on any atom is 0.335 e. The highest BCUT2D eigenvalue weighted by molar-refractivity contribution is 5.87. The summed E-state index contributed by atoms with van der Waals surface area (Å²) in [6.07, 6.45) is 4.18. The van der Waals surface area contributed by atoms with Crippen LogP contribution in [0, 0.1) is 5.82 Å². The van der Waals surface area contributed by atoms with Crippen LogP contribution in [0.25, 0.3) is 0 Å². The van der Waals surface area contributed by atoms with Gasteiger partial charge in [0.05, 0.1) is 5.56 Å². The number of benzene rings is 3. The molecule has 1 aliphatic rings. The third-order valence-electron chi connectivity index (χ3n) is 6.89. The Hall–Kier alpha value is -3.71. The van der Waals surface area contributed by atoms with E-state index in [1.807, 2.05) is 30.3 Å². The predicted molar refractivity (Wildman–Crippen MR) is 138 cm³/mol. The lowest BCUT2D eigenvalue weighted by atomic mass is 9.86. The predicted octanol–water partition coefficient (Wildman–Crippen LogP) is 5.72. The molecule has 194 valence electrons. The standard InChI is InChI=1S/C30H32FNO5/c31-25-7-3-5-22(17-25)20-37-28-8-4-6-23-14-15-26(18-27(23)28)32(16-2-1-9-29(33)34)19-21-10-12-24(13-11-21)30(35)36/h3-8,10-13,17,26H,1-2,9,14-16,18-20H2,(H,33,34)(H,35,36). The molecule has 0 spiro atoms. The Bertz CT molecular complexity index is 1230. The largest absolute Gasteiger partial charge is 0.489 e. The fraction of sp³-hybridized carbons (Fsp3) is 0.333. The summed E-state index contributed by atoms with van der Waals surface area (Å²) >= 11 is 0. The number of nitrogens with zero attached hydrogens (tertiary/aromatic N) is 1. The maximum absolute atomic E-state index is 13.6. The molecule has 0 saturated carbocycles. The summed E-state index contributed by atoms with van der Waals surface area (Å²) in [5.74, 6) is -1.22. The van der Waals surface area contributed by atoms with Gasteiger partial charge in [0.1, 0.15) is 18.2 Å². The summed E-state index contributed by atoms with van der Waals surface area (Å²) in [5.41, 5.74) is 4.46. The summed E-state index contributed by atoms with van der Waals surface area (Å²) in [4.78, 5) is 24.6. The van der Waals surface area contributed by atoms with Crippen LogP contribution in [0.5, 0.6) is 5.75 Å². The molecule has 3 aromatic rings. The van der Waals surface area contributed by atoms with Crippen molar-refractivity contribution < 1.29 is 28.9 Å². The van der Waals surface area contributed by atoms with Crippen molar-refractivity contribution in [2.75, 3.05) is 6.54 Å². The van der Waals surface area contributed by atoms with Gasteiger partial charge in [0.2, 0.25) is 0 Å². The number of halogens is 1. The topological polar surface area (TPSA) is 87.1 Å². The van der Waals surface area contributed by atoms with Crippen molar-refractivity contribution in [2.24, 2.45) is 0 Å². The fourth-order valence-electron chi connectivity index (χ4n) is 4.94. The summed E-state index contributed by atoms with van der Waals surface area (Å²) < 4.78 is 19.7. The molecule has 7 heteroatoms. The Morgan fingerprint density at radius 3 is 2.49 bits per heavy atom. The monoisotopic (exact) mass is 505 g/mol. The number of ether oxygens (including phenoxy) is 1. The average Bonchev–Trinajstić information content (AvgIpc) is 2.89. The van der Waals surface area contributed by atoms with E-state index in [9.17, 15) is 19.1 Å². The van der Waals surface area contributed by atoms with E-state index in [-0.39, 0.29) is 30.5 Å². The van der Waals surface area contributed by atoms with E-state index in [1.54, 1.807) is 18.2 Å². The van der Waals surface area contributed by atoms with Gasteiger partial charge >= 0.3 is 11.9 Å². The number of carboxylic acid groups (broad SMARTS) is 2. The van der Waals surface area contributed by atoms with Crippen LogP contribution in [0.2, 0.25) is 0 Å². The molecule has 0 aromatic heterocycles. The molecule has 0 heterocycles. The van der Waals surface area contributed by atoms with Gasteiger partial charge in [-0.1, -0.05) is 36.4 Å². The third-order valence-corrected chi connectivity index (χ3v) is 6.89. The zero-order chi connectivity index (χ0) is 26.2. The number of hydrogen-bond acceptors (Lipinski definition) is 4. The van der Waals surface area contributed by atoms with Crippen molar-refractivity contribution in [1.29, 1.82) is 0 Å². The minimum Gasteiger partial charge on any atom is -0.489 e. The molecule has 0 amide bonds. The number of unbranched alkanes of at least 4 members (excludes halogenated alkanes) is 1. The molecular formula is C30H32FNO5. The van der Waals surface area contributed by atoms with Crippen LogP contribution in [-0.4, -0.2) is 39.6 Å². The number of rotatable bonds is 12. The fourth-order valence-corrected chi connectivity index (χ4v) is 4.94. The lowest BCUT2D eigenvalue weighted by Gasteiger charge is -2.36. The summed E-state index contributed by atoms with van der Waals surface area (Å²) in [6.45, 7) is 1.69. The van der Waals surface area contributed by atoms with E-state index in [0.29, 0.717) is 13.0 Å². The van der Waals surface area contributed by atoms with Crippen molar-refractivity contribution in [3.05, 3.63) is 100 Å². The number of aromatic carboxylic acids is 1. The van der Waals surface area contributed by atoms with Crippen LogP contribution in [0.3, 0.4) is 0 Å². The van der Waals surface area contributed by atoms with Gasteiger partial charge in [-0.15, -0.1) is 0 Å². The first kappa shape index (κ1) is 26.4. The molecule has 0 aliphatic heterocycles. The molecule has 0 saturated heterocycles. The van der Waals surface area contributed by atoms with Crippen molar-refractivity contribution in [3.8, 4) is 5.75 Å². The Morgan fingerprint density at radius 1 is 0.973 bits per heavy atom. The molecule has 2 N–H and O–H groups in total. The summed E-state index contributed by atoms with van der Waals surface area (Å²) in [7, 11) is 0. The van der Waals surface area contributed by atoms with Crippen molar-refractivity contribution >= 4 is 11.9 Å². The zero-order valence-electron chi connectivity index (χ0n) is 20.7. The second kappa shape index (κ2) is 12.5. The highest BCUT2D eigenvalue weighted by Crippen LogP contribution is 2.33. The lowest BCUT2D eigenvalue weighted by Crippen LogP contribution is -2.39. The number of carboxylic acids is 2. The van der Waals surface area contributed by atoms with Crippen LogP contribution in [0.4, 0.5) is 4.39 Å². The second-order valence-corrected chi connectivity index (χ2v) is 9.53. The van der Waals surface area contributed by atoms with Crippen LogP contribution < -0.4 is 4.74 Å². The average molecular weight is 506 g/mol. The number of carbonyl (C=O) groups is 2. The first-order chi connectivity index (χ1) is 17.9. The van der Waals surface area contributed by atoms with Crippen molar-refractivity contribution in [2.45, 2.75) is 57.7 Å². The first-order valence-corrected chi connectivity index (χ1v) is 12.6. The Kier molecular flexibility index (Phi) is 8.90. The Labute approximate surface area is 216 Å². The normalized spacial score (nSPS) is 14.8. The number of aliphatic carboxylic acids is 1. The smallest absolute Gasteiger partial charge is 0.335 e. The van der Waals surface area contributed by atoms with Crippen LogP contribution in [-0.2, 0) is 30.8 Å². The van der Waals surface area contributed by atoms with Gasteiger partial charge in [-0.3, -0.25) is 9.69 Å². The second-order valence-electron chi connectivity index (χ2n) is 9.53. The molecule has 0 radical (unpaired) electrons. The first-order valence-electron chi connectivity index (χ1n) is 12.6. The number of hydrogen-bond donors (Lipinski definition) is 2. The third kappa shape index (κ3) is 7.40. The minimum absolute atomic E-state index is 0.146. The van der Waals surface area contributed by atoms with Gasteiger partial charge in [-0.2, -0.15) is 0 Å². The number of fused-ring (bicyclic) bond motifs is 1. The quantitative estimate of drug-likeness (QED) is 0.306. The molecule has 1 aliphatic carbocycles. The van der Waals surface area contributed by atoms with E-state index in [1.165, 1.54) is 17.7 Å². The van der Waals surface area contributed by atoms with Gasteiger partial charge < -0.3 is 14.9 Å². The maximum atomic E-state index is 13.6. The zero-order valence-corrected chi connectivity index (χ0v) is 20.7. The highest BCUT2D eigenvalue weighted by atomic mass is 19.1. The van der Waals surface area contributed by atoms with Gasteiger partial charge in [0.25, 0.3) is 0 Å². The molecule has 6 nitrogen and oxygen atoms in total. The molecule has 0 fully saturated rings.